The standard InChI is InChI=1S/C7H7F3N2O/c1-13-6(7(8,9)10)5-2-11-4-12-3-5/h2-4,6H,1H3. The van der Waals surface area contributed by atoms with Gasteiger partial charge in [-0.05, 0) is 0 Å². The van der Waals surface area contributed by atoms with Crippen LogP contribution in [-0.4, -0.2) is 23.3 Å². The summed E-state index contributed by atoms with van der Waals surface area (Å²) in [6.45, 7) is 0. The van der Waals surface area contributed by atoms with Crippen molar-refractivity contribution < 1.29 is 17.9 Å². The molecule has 1 rings (SSSR count). The van der Waals surface area contributed by atoms with Crippen molar-refractivity contribution in [3.05, 3.63) is 24.3 Å². The zero-order valence-electron chi connectivity index (χ0n) is 6.75. The summed E-state index contributed by atoms with van der Waals surface area (Å²) in [5.74, 6) is 0. The molecule has 6 heteroatoms. The Morgan fingerprint density at radius 3 is 2.23 bits per heavy atom. The van der Waals surface area contributed by atoms with E-state index in [2.05, 4.69) is 14.7 Å². The Kier molecular flexibility index (Phi) is 2.82. The number of hydrogen-bond donors (Lipinski definition) is 0. The molecule has 72 valence electrons. The average Bonchev–Trinajstić information content (AvgIpc) is 2.05. The van der Waals surface area contributed by atoms with E-state index in [0.29, 0.717) is 0 Å². The van der Waals surface area contributed by atoms with Crippen LogP contribution in [0.25, 0.3) is 0 Å². The maximum Gasteiger partial charge on any atom is 0.418 e. The molecule has 1 atom stereocenters. The highest BCUT2D eigenvalue weighted by molar-refractivity contribution is 5.09. The fourth-order valence-corrected chi connectivity index (χ4v) is 0.905. The lowest BCUT2D eigenvalue weighted by atomic mass is 10.2. The van der Waals surface area contributed by atoms with Gasteiger partial charge in [-0.1, -0.05) is 0 Å². The summed E-state index contributed by atoms with van der Waals surface area (Å²) in [6, 6.07) is 0. The lowest BCUT2D eigenvalue weighted by molar-refractivity contribution is -0.216. The van der Waals surface area contributed by atoms with Crippen LogP contribution in [0.2, 0.25) is 0 Å². The molecule has 0 saturated carbocycles. The number of rotatable bonds is 2. The minimum absolute atomic E-state index is 0.0995. The molecule has 0 N–H and O–H groups in total. The zero-order valence-corrected chi connectivity index (χ0v) is 6.75. The van der Waals surface area contributed by atoms with E-state index >= 15 is 0 Å². The minimum atomic E-state index is -4.43. The van der Waals surface area contributed by atoms with Crippen molar-refractivity contribution in [2.75, 3.05) is 7.11 Å². The molecular formula is C7H7F3N2O. The van der Waals surface area contributed by atoms with Crippen LogP contribution in [0.15, 0.2) is 18.7 Å². The van der Waals surface area contributed by atoms with E-state index in [4.69, 9.17) is 0 Å². The number of ether oxygens (including phenoxy) is 1. The third-order valence-corrected chi connectivity index (χ3v) is 1.42. The van der Waals surface area contributed by atoms with Gasteiger partial charge in [0, 0.05) is 25.1 Å². The minimum Gasteiger partial charge on any atom is -0.367 e. The van der Waals surface area contributed by atoms with Gasteiger partial charge < -0.3 is 4.74 Å². The van der Waals surface area contributed by atoms with Crippen molar-refractivity contribution >= 4 is 0 Å². The highest BCUT2D eigenvalue weighted by atomic mass is 19.4. The van der Waals surface area contributed by atoms with Gasteiger partial charge in [-0.25, -0.2) is 9.97 Å². The van der Waals surface area contributed by atoms with Crippen LogP contribution in [0.1, 0.15) is 11.7 Å². The molecule has 0 amide bonds. The highest BCUT2D eigenvalue weighted by Gasteiger charge is 2.41. The fraction of sp³-hybridized carbons (Fsp3) is 0.429. The van der Waals surface area contributed by atoms with Crippen molar-refractivity contribution in [2.45, 2.75) is 12.3 Å². The molecule has 1 aromatic rings. The lowest BCUT2D eigenvalue weighted by Crippen LogP contribution is -2.22. The first-order valence-corrected chi connectivity index (χ1v) is 3.40. The third-order valence-electron chi connectivity index (χ3n) is 1.42. The quantitative estimate of drug-likeness (QED) is 0.715. The molecular weight excluding hydrogens is 185 g/mol. The summed E-state index contributed by atoms with van der Waals surface area (Å²) in [5, 5.41) is 0. The van der Waals surface area contributed by atoms with Gasteiger partial charge in [-0.3, -0.25) is 0 Å². The monoisotopic (exact) mass is 192 g/mol. The first-order chi connectivity index (χ1) is 6.05. The fourth-order valence-electron chi connectivity index (χ4n) is 0.905. The molecule has 0 fully saturated rings. The predicted octanol–water partition coefficient (Wildman–Crippen LogP) is 1.73. The van der Waals surface area contributed by atoms with Crippen molar-refractivity contribution in [2.24, 2.45) is 0 Å². The lowest BCUT2D eigenvalue weighted by Gasteiger charge is -2.17. The largest absolute Gasteiger partial charge is 0.418 e. The number of nitrogens with zero attached hydrogens (tertiary/aromatic N) is 2. The van der Waals surface area contributed by atoms with E-state index < -0.39 is 12.3 Å². The molecule has 1 heterocycles. The van der Waals surface area contributed by atoms with Crippen LogP contribution >= 0.6 is 0 Å². The molecule has 0 aromatic carbocycles. The maximum absolute atomic E-state index is 12.2. The van der Waals surface area contributed by atoms with Crippen LogP contribution in [-0.2, 0) is 4.74 Å². The van der Waals surface area contributed by atoms with Crippen molar-refractivity contribution in [1.82, 2.24) is 9.97 Å². The molecule has 1 unspecified atom stereocenters. The normalized spacial score (nSPS) is 14.2. The number of aromatic nitrogens is 2. The molecule has 0 radical (unpaired) electrons. The van der Waals surface area contributed by atoms with E-state index in [-0.39, 0.29) is 5.56 Å². The molecule has 0 spiro atoms. The highest BCUT2D eigenvalue weighted by Crippen LogP contribution is 2.34. The van der Waals surface area contributed by atoms with E-state index in [1.54, 1.807) is 0 Å². The number of methoxy groups -OCH3 is 1. The zero-order chi connectivity index (χ0) is 9.90. The Balaban J connectivity index is 2.92. The van der Waals surface area contributed by atoms with E-state index in [9.17, 15) is 13.2 Å². The van der Waals surface area contributed by atoms with Gasteiger partial charge in [0.25, 0.3) is 0 Å². The molecule has 0 bridgehead atoms. The Bertz CT molecular complexity index is 262. The second kappa shape index (κ2) is 3.69. The number of alkyl halides is 3. The first-order valence-electron chi connectivity index (χ1n) is 3.40. The molecule has 0 aliphatic rings. The van der Waals surface area contributed by atoms with Crippen molar-refractivity contribution in [1.29, 1.82) is 0 Å². The van der Waals surface area contributed by atoms with Gasteiger partial charge in [0.2, 0.25) is 0 Å². The second-order valence-corrected chi connectivity index (χ2v) is 2.33. The average molecular weight is 192 g/mol. The van der Waals surface area contributed by atoms with Crippen LogP contribution in [0.5, 0.6) is 0 Å². The van der Waals surface area contributed by atoms with Crippen LogP contribution in [0, 0.1) is 0 Å². The summed E-state index contributed by atoms with van der Waals surface area (Å²) in [5.41, 5.74) is -0.0995. The van der Waals surface area contributed by atoms with Crippen molar-refractivity contribution in [3.63, 3.8) is 0 Å². The molecule has 1 aromatic heterocycles. The van der Waals surface area contributed by atoms with Gasteiger partial charge in [-0.2, -0.15) is 13.2 Å². The van der Waals surface area contributed by atoms with Crippen LogP contribution in [0.3, 0.4) is 0 Å². The first kappa shape index (κ1) is 9.91. The number of halogens is 3. The van der Waals surface area contributed by atoms with E-state index in [1.165, 1.54) is 0 Å². The summed E-state index contributed by atoms with van der Waals surface area (Å²) < 4.78 is 41.0. The predicted molar refractivity (Wildman–Crippen MR) is 37.8 cm³/mol. The van der Waals surface area contributed by atoms with Gasteiger partial charge >= 0.3 is 6.18 Å². The molecule has 13 heavy (non-hydrogen) atoms. The van der Waals surface area contributed by atoms with Crippen molar-refractivity contribution in [3.8, 4) is 0 Å². The molecule has 3 nitrogen and oxygen atoms in total. The number of hydrogen-bond acceptors (Lipinski definition) is 3. The van der Waals surface area contributed by atoms with E-state index in [1.807, 2.05) is 0 Å². The van der Waals surface area contributed by atoms with Crippen LogP contribution < -0.4 is 0 Å². The van der Waals surface area contributed by atoms with Gasteiger partial charge in [0.15, 0.2) is 6.10 Å². The van der Waals surface area contributed by atoms with Crippen LogP contribution in [0.4, 0.5) is 13.2 Å². The Labute approximate surface area is 72.6 Å². The summed E-state index contributed by atoms with van der Waals surface area (Å²) in [4.78, 5) is 6.95. The summed E-state index contributed by atoms with van der Waals surface area (Å²) >= 11 is 0. The molecule has 0 aliphatic carbocycles. The summed E-state index contributed by atoms with van der Waals surface area (Å²) in [7, 11) is 0.991. The smallest absolute Gasteiger partial charge is 0.367 e. The Morgan fingerprint density at radius 2 is 1.85 bits per heavy atom. The second-order valence-electron chi connectivity index (χ2n) is 2.33. The van der Waals surface area contributed by atoms with E-state index in [0.717, 1.165) is 25.8 Å². The molecule has 0 saturated heterocycles. The maximum atomic E-state index is 12.2. The Morgan fingerprint density at radius 1 is 1.31 bits per heavy atom. The SMILES string of the molecule is COC(c1cncnc1)C(F)(F)F. The van der Waals surface area contributed by atoms with Gasteiger partial charge in [0.1, 0.15) is 6.33 Å². The topological polar surface area (TPSA) is 35.0 Å². The van der Waals surface area contributed by atoms with Gasteiger partial charge in [0.05, 0.1) is 0 Å². The Hall–Kier alpha value is -1.17. The van der Waals surface area contributed by atoms with Gasteiger partial charge in [-0.15, -0.1) is 0 Å². The summed E-state index contributed by atoms with van der Waals surface area (Å²) in [6.07, 6.45) is -3.07. The molecule has 0 aliphatic heterocycles. The third kappa shape index (κ3) is 2.38.